The third-order valence-corrected chi connectivity index (χ3v) is 5.22. The fourth-order valence-electron chi connectivity index (χ4n) is 3.89. The van der Waals surface area contributed by atoms with Crippen molar-refractivity contribution in [3.8, 4) is 0 Å². The SMILES string of the molecule is C[C@H]1CN(C(=O)c2cc3n(n2)CCN(CC(=O)c2ccccc2)C3=O)C[C@H](C)O1. The maximum Gasteiger partial charge on any atom is 0.274 e. The molecule has 2 aromatic rings. The molecule has 8 heteroatoms. The predicted octanol–water partition coefficient (Wildman–Crippen LogP) is 1.47. The van der Waals surface area contributed by atoms with Gasteiger partial charge in [0.15, 0.2) is 11.5 Å². The van der Waals surface area contributed by atoms with Crippen LogP contribution in [0.15, 0.2) is 36.4 Å². The summed E-state index contributed by atoms with van der Waals surface area (Å²) in [5.74, 6) is -0.594. The van der Waals surface area contributed by atoms with Crippen LogP contribution in [0.4, 0.5) is 0 Å². The van der Waals surface area contributed by atoms with E-state index in [2.05, 4.69) is 5.10 Å². The number of benzene rings is 1. The highest BCUT2D eigenvalue weighted by Gasteiger charge is 2.32. The van der Waals surface area contributed by atoms with Crippen molar-refractivity contribution >= 4 is 17.6 Å². The second kappa shape index (κ2) is 7.79. The van der Waals surface area contributed by atoms with Gasteiger partial charge < -0.3 is 14.5 Å². The van der Waals surface area contributed by atoms with Crippen LogP contribution in [0.1, 0.15) is 45.2 Å². The largest absolute Gasteiger partial charge is 0.372 e. The van der Waals surface area contributed by atoms with Crippen LogP contribution in [0, 0.1) is 0 Å². The number of rotatable bonds is 4. The van der Waals surface area contributed by atoms with E-state index in [4.69, 9.17) is 4.74 Å². The van der Waals surface area contributed by atoms with Gasteiger partial charge in [0.1, 0.15) is 5.69 Å². The highest BCUT2D eigenvalue weighted by molar-refractivity contribution is 6.03. The summed E-state index contributed by atoms with van der Waals surface area (Å²) in [5, 5.41) is 4.35. The van der Waals surface area contributed by atoms with Crippen molar-refractivity contribution in [2.45, 2.75) is 32.6 Å². The monoisotopic (exact) mass is 396 g/mol. The number of carbonyl (C=O) groups is 3. The number of hydrogen-bond donors (Lipinski definition) is 0. The summed E-state index contributed by atoms with van der Waals surface area (Å²) in [5.41, 5.74) is 1.17. The Bertz CT molecular complexity index is 929. The molecule has 2 atom stereocenters. The van der Waals surface area contributed by atoms with Gasteiger partial charge in [-0.05, 0) is 13.8 Å². The van der Waals surface area contributed by atoms with Crippen LogP contribution in [0.5, 0.6) is 0 Å². The lowest BCUT2D eigenvalue weighted by molar-refractivity contribution is -0.0587. The Morgan fingerprint density at radius 1 is 1.10 bits per heavy atom. The molecule has 1 fully saturated rings. The molecule has 2 amide bonds. The zero-order valence-electron chi connectivity index (χ0n) is 16.6. The second-order valence-corrected chi connectivity index (χ2v) is 7.62. The van der Waals surface area contributed by atoms with Crippen LogP contribution in [0.25, 0.3) is 0 Å². The molecule has 0 saturated carbocycles. The second-order valence-electron chi connectivity index (χ2n) is 7.62. The molecule has 1 saturated heterocycles. The summed E-state index contributed by atoms with van der Waals surface area (Å²) in [6.07, 6.45) is -0.0814. The molecule has 0 bridgehead atoms. The molecule has 0 radical (unpaired) electrons. The lowest BCUT2D eigenvalue weighted by Crippen LogP contribution is -2.48. The van der Waals surface area contributed by atoms with E-state index in [-0.39, 0.29) is 42.0 Å². The molecule has 1 aromatic carbocycles. The molecule has 0 N–H and O–H groups in total. The third-order valence-electron chi connectivity index (χ3n) is 5.22. The fraction of sp³-hybridized carbons (Fsp3) is 0.429. The van der Waals surface area contributed by atoms with E-state index in [9.17, 15) is 14.4 Å². The van der Waals surface area contributed by atoms with Crippen LogP contribution in [0.2, 0.25) is 0 Å². The molecular weight excluding hydrogens is 372 g/mol. The van der Waals surface area contributed by atoms with Gasteiger partial charge in [0.05, 0.1) is 25.3 Å². The van der Waals surface area contributed by atoms with Gasteiger partial charge in [0.2, 0.25) is 0 Å². The van der Waals surface area contributed by atoms with Crippen molar-refractivity contribution in [1.29, 1.82) is 0 Å². The van der Waals surface area contributed by atoms with E-state index in [0.29, 0.717) is 37.4 Å². The first-order valence-electron chi connectivity index (χ1n) is 9.82. The summed E-state index contributed by atoms with van der Waals surface area (Å²) >= 11 is 0. The molecular formula is C21H24N4O4. The summed E-state index contributed by atoms with van der Waals surface area (Å²) in [4.78, 5) is 41.4. The molecule has 4 rings (SSSR count). The molecule has 8 nitrogen and oxygen atoms in total. The number of nitrogens with zero attached hydrogens (tertiary/aromatic N) is 4. The average Bonchev–Trinajstić information content (AvgIpc) is 3.14. The minimum Gasteiger partial charge on any atom is -0.372 e. The van der Waals surface area contributed by atoms with E-state index in [1.165, 1.54) is 11.0 Å². The number of amides is 2. The Morgan fingerprint density at radius 2 is 1.79 bits per heavy atom. The number of ketones is 1. The quantitative estimate of drug-likeness (QED) is 0.731. The number of aromatic nitrogens is 2. The highest BCUT2D eigenvalue weighted by Crippen LogP contribution is 2.18. The maximum absolute atomic E-state index is 12.9. The van der Waals surface area contributed by atoms with E-state index >= 15 is 0 Å². The predicted molar refractivity (Wildman–Crippen MR) is 105 cm³/mol. The average molecular weight is 396 g/mol. The minimum atomic E-state index is -0.282. The molecule has 2 aliphatic heterocycles. The van der Waals surface area contributed by atoms with Crippen molar-refractivity contribution < 1.29 is 19.1 Å². The van der Waals surface area contributed by atoms with Gasteiger partial charge in [-0.3, -0.25) is 19.1 Å². The first-order chi connectivity index (χ1) is 13.9. The smallest absolute Gasteiger partial charge is 0.274 e. The van der Waals surface area contributed by atoms with Gasteiger partial charge in [0, 0.05) is 31.3 Å². The van der Waals surface area contributed by atoms with Crippen LogP contribution in [0.3, 0.4) is 0 Å². The Balaban J connectivity index is 1.48. The van der Waals surface area contributed by atoms with Crippen molar-refractivity contribution in [3.05, 3.63) is 53.3 Å². The van der Waals surface area contributed by atoms with Gasteiger partial charge in [-0.15, -0.1) is 0 Å². The first kappa shape index (κ1) is 19.3. The Kier molecular flexibility index (Phi) is 5.19. The van der Waals surface area contributed by atoms with Crippen molar-refractivity contribution in [2.24, 2.45) is 0 Å². The van der Waals surface area contributed by atoms with Crippen molar-refractivity contribution in [1.82, 2.24) is 19.6 Å². The molecule has 2 aliphatic rings. The Hall–Kier alpha value is -3.00. The van der Waals surface area contributed by atoms with E-state index < -0.39 is 0 Å². The Labute approximate surface area is 169 Å². The molecule has 0 aliphatic carbocycles. The summed E-state index contributed by atoms with van der Waals surface area (Å²) in [6, 6.07) is 10.5. The van der Waals surface area contributed by atoms with Gasteiger partial charge in [-0.25, -0.2) is 0 Å². The zero-order valence-corrected chi connectivity index (χ0v) is 16.6. The molecule has 0 spiro atoms. The number of morpholine rings is 1. The minimum absolute atomic E-state index is 0.00972. The number of Topliss-reactive ketones (excluding diaryl/α,β-unsaturated/α-hetero) is 1. The summed E-state index contributed by atoms with van der Waals surface area (Å²) in [7, 11) is 0. The molecule has 3 heterocycles. The number of fused-ring (bicyclic) bond motifs is 1. The van der Waals surface area contributed by atoms with Gasteiger partial charge >= 0.3 is 0 Å². The fourth-order valence-corrected chi connectivity index (χ4v) is 3.89. The normalized spacial score (nSPS) is 21.8. The van der Waals surface area contributed by atoms with E-state index in [0.717, 1.165) is 0 Å². The third kappa shape index (κ3) is 3.93. The van der Waals surface area contributed by atoms with Gasteiger partial charge in [-0.1, -0.05) is 30.3 Å². The van der Waals surface area contributed by atoms with Crippen LogP contribution >= 0.6 is 0 Å². The number of ether oxygens (including phenoxy) is 1. The van der Waals surface area contributed by atoms with Crippen molar-refractivity contribution in [3.63, 3.8) is 0 Å². The molecule has 29 heavy (non-hydrogen) atoms. The van der Waals surface area contributed by atoms with Crippen LogP contribution in [-0.4, -0.2) is 75.6 Å². The summed E-state index contributed by atoms with van der Waals surface area (Å²) < 4.78 is 7.24. The van der Waals surface area contributed by atoms with Crippen LogP contribution in [-0.2, 0) is 11.3 Å². The van der Waals surface area contributed by atoms with Crippen LogP contribution < -0.4 is 0 Å². The highest BCUT2D eigenvalue weighted by atomic mass is 16.5. The van der Waals surface area contributed by atoms with E-state index in [1.54, 1.807) is 33.8 Å². The maximum atomic E-state index is 12.9. The molecule has 1 aromatic heterocycles. The summed E-state index contributed by atoms with van der Waals surface area (Å²) in [6.45, 7) is 5.69. The molecule has 152 valence electrons. The zero-order chi connectivity index (χ0) is 20.5. The lowest BCUT2D eigenvalue weighted by Gasteiger charge is -2.34. The van der Waals surface area contributed by atoms with Gasteiger partial charge in [-0.2, -0.15) is 5.10 Å². The standard InChI is InChI=1S/C21H24N4O4/c1-14-11-24(12-15(2)29-14)20(27)17-10-18-21(28)23(8-9-25(18)22-17)13-19(26)16-6-4-3-5-7-16/h3-7,10,14-15H,8-9,11-13H2,1-2H3/t14-,15-/m0/s1. The van der Waals surface area contributed by atoms with Gasteiger partial charge in [0.25, 0.3) is 11.8 Å². The first-order valence-corrected chi connectivity index (χ1v) is 9.82. The van der Waals surface area contributed by atoms with Crippen molar-refractivity contribution in [2.75, 3.05) is 26.2 Å². The Morgan fingerprint density at radius 3 is 2.48 bits per heavy atom. The van der Waals surface area contributed by atoms with E-state index in [1.807, 2.05) is 19.9 Å². The number of carbonyl (C=O) groups excluding carboxylic acids is 3. The topological polar surface area (TPSA) is 84.7 Å². The molecule has 0 unspecified atom stereocenters. The number of hydrogen-bond acceptors (Lipinski definition) is 5. The lowest BCUT2D eigenvalue weighted by atomic mass is 10.1.